The number of aryl methyl sites for hydroxylation is 1. The molecule has 0 saturated carbocycles. The first-order valence-electron chi connectivity index (χ1n) is 9.14. The van der Waals surface area contributed by atoms with Crippen LogP contribution in [0.4, 0.5) is 11.4 Å². The molecule has 0 spiro atoms. The number of nitrogens with one attached hydrogen (secondary N) is 1. The van der Waals surface area contributed by atoms with E-state index >= 15 is 0 Å². The summed E-state index contributed by atoms with van der Waals surface area (Å²) in [6, 6.07) is 13.5. The van der Waals surface area contributed by atoms with Crippen LogP contribution >= 0.6 is 0 Å². The SMILES string of the molecule is CCN1CCN(c2ccc(NC(=O)c3ccccc3OC)c(C)c2)CC1. The zero-order chi connectivity index (χ0) is 18.5. The standard InChI is InChI=1S/C21H27N3O2/c1-4-23-11-13-24(14-12-23)17-9-10-19(16(2)15-17)22-21(25)18-7-5-6-8-20(18)26-3/h5-10,15H,4,11-14H2,1-3H3,(H,22,25). The van der Waals surface area contributed by atoms with Crippen molar-refractivity contribution in [2.45, 2.75) is 13.8 Å². The molecule has 1 aliphatic rings. The normalized spacial score (nSPS) is 15.0. The van der Waals surface area contributed by atoms with Gasteiger partial charge < -0.3 is 19.9 Å². The molecule has 1 N–H and O–H groups in total. The van der Waals surface area contributed by atoms with Gasteiger partial charge in [0.25, 0.3) is 5.91 Å². The Kier molecular flexibility index (Phi) is 5.78. The van der Waals surface area contributed by atoms with Crippen LogP contribution in [0.2, 0.25) is 0 Å². The van der Waals surface area contributed by atoms with Gasteiger partial charge in [-0.3, -0.25) is 4.79 Å². The molecule has 1 fully saturated rings. The summed E-state index contributed by atoms with van der Waals surface area (Å²) in [5.41, 5.74) is 3.64. The molecule has 1 saturated heterocycles. The Hall–Kier alpha value is -2.53. The number of anilines is 2. The molecule has 1 heterocycles. The Balaban J connectivity index is 1.71. The number of hydrogen-bond donors (Lipinski definition) is 1. The lowest BCUT2D eigenvalue weighted by Gasteiger charge is -2.35. The lowest BCUT2D eigenvalue weighted by molar-refractivity contribution is 0.102. The number of rotatable bonds is 5. The first-order chi connectivity index (χ1) is 12.6. The van der Waals surface area contributed by atoms with E-state index in [1.165, 1.54) is 5.69 Å². The highest BCUT2D eigenvalue weighted by molar-refractivity contribution is 6.06. The van der Waals surface area contributed by atoms with Gasteiger partial charge in [0.2, 0.25) is 0 Å². The zero-order valence-corrected chi connectivity index (χ0v) is 15.8. The van der Waals surface area contributed by atoms with Crippen LogP contribution in [0.3, 0.4) is 0 Å². The Morgan fingerprint density at radius 1 is 1.12 bits per heavy atom. The number of likely N-dealkylation sites (N-methyl/N-ethyl adjacent to an activating group) is 1. The number of carbonyl (C=O) groups excluding carboxylic acids is 1. The third-order valence-electron chi connectivity index (χ3n) is 4.99. The van der Waals surface area contributed by atoms with Gasteiger partial charge in [0.05, 0.1) is 12.7 Å². The van der Waals surface area contributed by atoms with Gasteiger partial charge >= 0.3 is 0 Å². The Morgan fingerprint density at radius 3 is 2.50 bits per heavy atom. The van der Waals surface area contributed by atoms with Gasteiger partial charge in [0, 0.05) is 37.6 Å². The van der Waals surface area contributed by atoms with Crippen molar-refractivity contribution in [2.24, 2.45) is 0 Å². The molecule has 0 radical (unpaired) electrons. The van der Waals surface area contributed by atoms with Crippen molar-refractivity contribution in [1.82, 2.24) is 4.90 Å². The second-order valence-electron chi connectivity index (χ2n) is 6.57. The van der Waals surface area contributed by atoms with E-state index in [0.717, 1.165) is 44.0 Å². The molecular weight excluding hydrogens is 326 g/mol. The third-order valence-corrected chi connectivity index (χ3v) is 4.99. The van der Waals surface area contributed by atoms with Crippen LogP contribution in [0.25, 0.3) is 0 Å². The number of amides is 1. The van der Waals surface area contributed by atoms with Gasteiger partial charge in [-0.05, 0) is 49.4 Å². The molecule has 1 aliphatic heterocycles. The van der Waals surface area contributed by atoms with Crippen LogP contribution in [0.1, 0.15) is 22.8 Å². The maximum absolute atomic E-state index is 12.6. The molecule has 2 aromatic rings. The highest BCUT2D eigenvalue weighted by Crippen LogP contribution is 2.25. The molecular formula is C21H27N3O2. The predicted molar refractivity (Wildman–Crippen MR) is 106 cm³/mol. The van der Waals surface area contributed by atoms with Crippen molar-refractivity contribution in [3.05, 3.63) is 53.6 Å². The lowest BCUT2D eigenvalue weighted by atomic mass is 10.1. The number of benzene rings is 2. The van der Waals surface area contributed by atoms with E-state index in [1.54, 1.807) is 19.2 Å². The van der Waals surface area contributed by atoms with Crippen molar-refractivity contribution < 1.29 is 9.53 Å². The van der Waals surface area contributed by atoms with Crippen molar-refractivity contribution in [3.63, 3.8) is 0 Å². The van der Waals surface area contributed by atoms with Crippen LogP contribution in [-0.2, 0) is 0 Å². The molecule has 1 amide bonds. The summed E-state index contributed by atoms with van der Waals surface area (Å²) in [5.74, 6) is 0.419. The van der Waals surface area contributed by atoms with Crippen molar-refractivity contribution in [1.29, 1.82) is 0 Å². The van der Waals surface area contributed by atoms with E-state index in [2.05, 4.69) is 34.2 Å². The second kappa shape index (κ2) is 8.23. The van der Waals surface area contributed by atoms with E-state index in [-0.39, 0.29) is 5.91 Å². The second-order valence-corrected chi connectivity index (χ2v) is 6.57. The van der Waals surface area contributed by atoms with E-state index < -0.39 is 0 Å². The van der Waals surface area contributed by atoms with Crippen molar-refractivity contribution >= 4 is 17.3 Å². The quantitative estimate of drug-likeness (QED) is 0.895. The highest BCUT2D eigenvalue weighted by atomic mass is 16.5. The average Bonchev–Trinajstić information content (AvgIpc) is 2.69. The molecule has 26 heavy (non-hydrogen) atoms. The molecule has 3 rings (SSSR count). The number of piperazine rings is 1. The first-order valence-corrected chi connectivity index (χ1v) is 9.14. The zero-order valence-electron chi connectivity index (χ0n) is 15.8. The molecule has 0 aliphatic carbocycles. The topological polar surface area (TPSA) is 44.8 Å². The minimum atomic E-state index is -0.158. The molecule has 5 heteroatoms. The minimum Gasteiger partial charge on any atom is -0.496 e. The number of nitrogens with zero attached hydrogens (tertiary/aromatic N) is 2. The Morgan fingerprint density at radius 2 is 1.85 bits per heavy atom. The van der Waals surface area contributed by atoms with Crippen molar-refractivity contribution in [2.75, 3.05) is 50.1 Å². The average molecular weight is 353 g/mol. The van der Waals surface area contributed by atoms with Gasteiger partial charge in [-0.1, -0.05) is 19.1 Å². The van der Waals surface area contributed by atoms with Crippen LogP contribution in [0.15, 0.2) is 42.5 Å². The fraction of sp³-hybridized carbons (Fsp3) is 0.381. The summed E-state index contributed by atoms with van der Waals surface area (Å²) in [4.78, 5) is 17.5. The summed E-state index contributed by atoms with van der Waals surface area (Å²) >= 11 is 0. The van der Waals surface area contributed by atoms with Crippen molar-refractivity contribution in [3.8, 4) is 5.75 Å². The number of hydrogen-bond acceptors (Lipinski definition) is 4. The van der Waals surface area contributed by atoms with Gasteiger partial charge in [-0.2, -0.15) is 0 Å². The van der Waals surface area contributed by atoms with E-state index in [0.29, 0.717) is 11.3 Å². The van der Waals surface area contributed by atoms with Gasteiger partial charge in [0.15, 0.2) is 0 Å². The fourth-order valence-electron chi connectivity index (χ4n) is 3.33. The summed E-state index contributed by atoms with van der Waals surface area (Å²) in [6.45, 7) is 9.63. The monoisotopic (exact) mass is 353 g/mol. The summed E-state index contributed by atoms with van der Waals surface area (Å²) in [6.07, 6.45) is 0. The number of para-hydroxylation sites is 1. The maximum Gasteiger partial charge on any atom is 0.259 e. The Labute approximate surface area is 155 Å². The van der Waals surface area contributed by atoms with Crippen LogP contribution in [0.5, 0.6) is 5.75 Å². The summed E-state index contributed by atoms with van der Waals surface area (Å²) in [7, 11) is 1.57. The molecule has 0 unspecified atom stereocenters. The first kappa shape index (κ1) is 18.3. The molecule has 0 aromatic heterocycles. The molecule has 2 aromatic carbocycles. The molecule has 5 nitrogen and oxygen atoms in total. The molecule has 0 bridgehead atoms. The van der Waals surface area contributed by atoms with E-state index in [1.807, 2.05) is 25.1 Å². The number of carbonyl (C=O) groups is 1. The van der Waals surface area contributed by atoms with Crippen LogP contribution in [-0.4, -0.2) is 50.6 Å². The summed E-state index contributed by atoms with van der Waals surface area (Å²) < 4.78 is 5.28. The largest absolute Gasteiger partial charge is 0.496 e. The fourth-order valence-corrected chi connectivity index (χ4v) is 3.33. The van der Waals surface area contributed by atoms with E-state index in [9.17, 15) is 4.79 Å². The molecule has 0 atom stereocenters. The van der Waals surface area contributed by atoms with Gasteiger partial charge in [-0.25, -0.2) is 0 Å². The highest BCUT2D eigenvalue weighted by Gasteiger charge is 2.17. The minimum absolute atomic E-state index is 0.158. The lowest BCUT2D eigenvalue weighted by Crippen LogP contribution is -2.46. The predicted octanol–water partition coefficient (Wildman–Crippen LogP) is 3.40. The number of ether oxygens (including phenoxy) is 1. The van der Waals surface area contributed by atoms with Crippen LogP contribution < -0.4 is 15.0 Å². The third kappa shape index (κ3) is 3.99. The van der Waals surface area contributed by atoms with Gasteiger partial charge in [-0.15, -0.1) is 0 Å². The maximum atomic E-state index is 12.6. The number of methoxy groups -OCH3 is 1. The Bertz CT molecular complexity index is 768. The van der Waals surface area contributed by atoms with E-state index in [4.69, 9.17) is 4.74 Å². The molecule has 138 valence electrons. The van der Waals surface area contributed by atoms with Gasteiger partial charge in [0.1, 0.15) is 5.75 Å². The van der Waals surface area contributed by atoms with Crippen LogP contribution in [0, 0.1) is 6.92 Å². The summed E-state index contributed by atoms with van der Waals surface area (Å²) in [5, 5.41) is 3.00. The smallest absolute Gasteiger partial charge is 0.259 e.